The van der Waals surface area contributed by atoms with E-state index in [9.17, 15) is 4.79 Å². The first-order valence-corrected chi connectivity index (χ1v) is 10.9. The van der Waals surface area contributed by atoms with E-state index >= 15 is 0 Å². The molecule has 2 aliphatic heterocycles. The highest BCUT2D eigenvalue weighted by atomic mass is 16.2. The summed E-state index contributed by atoms with van der Waals surface area (Å²) in [5.74, 6) is 0.265. The minimum atomic E-state index is 0.265. The number of carbonyl (C=O) groups excluding carboxylic acids is 1. The largest absolute Gasteiger partial charge is 0.339 e. The summed E-state index contributed by atoms with van der Waals surface area (Å²) in [6.45, 7) is 11.3. The highest BCUT2D eigenvalue weighted by Crippen LogP contribution is 2.20. The number of rotatable bonds is 6. The molecule has 4 heterocycles. The van der Waals surface area contributed by atoms with Crippen LogP contribution in [-0.4, -0.2) is 81.2 Å². The van der Waals surface area contributed by atoms with E-state index in [1.807, 2.05) is 34.8 Å². The third-order valence-electron chi connectivity index (χ3n) is 5.99. The van der Waals surface area contributed by atoms with E-state index in [0.717, 1.165) is 69.3 Å². The van der Waals surface area contributed by atoms with Gasteiger partial charge in [0.1, 0.15) is 0 Å². The van der Waals surface area contributed by atoms with Crippen molar-refractivity contribution in [2.24, 2.45) is 0 Å². The zero-order chi connectivity index (χ0) is 20.2. The van der Waals surface area contributed by atoms with Crippen molar-refractivity contribution in [3.63, 3.8) is 0 Å². The Morgan fingerprint density at radius 2 is 1.97 bits per heavy atom. The molecule has 29 heavy (non-hydrogen) atoms. The average Bonchev–Trinajstić information content (AvgIpc) is 3.16. The summed E-state index contributed by atoms with van der Waals surface area (Å²) in [7, 11) is 0. The summed E-state index contributed by atoms with van der Waals surface area (Å²) in [5, 5.41) is 4.76. The summed E-state index contributed by atoms with van der Waals surface area (Å²) in [4.78, 5) is 23.8. The lowest BCUT2D eigenvalue weighted by molar-refractivity contribution is -0.134. The van der Waals surface area contributed by atoms with Gasteiger partial charge in [-0.3, -0.25) is 19.6 Å². The predicted octanol–water partition coefficient (Wildman–Crippen LogP) is 1.88. The maximum absolute atomic E-state index is 12.8. The van der Waals surface area contributed by atoms with Crippen molar-refractivity contribution >= 4 is 5.91 Å². The van der Waals surface area contributed by atoms with Gasteiger partial charge in [-0.1, -0.05) is 13.3 Å². The van der Waals surface area contributed by atoms with Crippen molar-refractivity contribution in [2.75, 3.05) is 45.8 Å². The van der Waals surface area contributed by atoms with Gasteiger partial charge in [0.2, 0.25) is 5.91 Å². The zero-order valence-corrected chi connectivity index (χ0v) is 17.7. The van der Waals surface area contributed by atoms with Crippen LogP contribution in [0, 0.1) is 6.92 Å². The molecule has 0 bridgehead atoms. The van der Waals surface area contributed by atoms with Crippen LogP contribution in [0.5, 0.6) is 0 Å². The maximum Gasteiger partial charge on any atom is 0.236 e. The predicted molar refractivity (Wildman–Crippen MR) is 113 cm³/mol. The molecule has 7 heteroatoms. The molecule has 0 saturated carbocycles. The number of amides is 1. The summed E-state index contributed by atoms with van der Waals surface area (Å²) in [5.41, 5.74) is 4.39. The van der Waals surface area contributed by atoms with Gasteiger partial charge in [-0.2, -0.15) is 5.10 Å². The van der Waals surface area contributed by atoms with Crippen LogP contribution in [0.4, 0.5) is 0 Å². The van der Waals surface area contributed by atoms with Crippen molar-refractivity contribution < 1.29 is 4.79 Å². The molecule has 2 aliphatic rings. The number of fused-ring (bicyclic) bond motifs is 1. The van der Waals surface area contributed by atoms with Crippen molar-refractivity contribution in [3.05, 3.63) is 41.5 Å². The number of hydrogen-bond acceptors (Lipinski definition) is 5. The fourth-order valence-electron chi connectivity index (χ4n) is 4.21. The molecule has 1 amide bonds. The SMILES string of the molecule is CCCCN1CCN(C(=O)CN2CCc3nn(-c4ccnc(C)c4)cc3C2)CC1. The lowest BCUT2D eigenvalue weighted by Crippen LogP contribution is -2.51. The van der Waals surface area contributed by atoms with Crippen LogP contribution >= 0.6 is 0 Å². The Bertz CT molecular complexity index is 840. The molecule has 0 spiro atoms. The third kappa shape index (κ3) is 4.85. The van der Waals surface area contributed by atoms with Crippen LogP contribution in [0.25, 0.3) is 5.69 Å². The Morgan fingerprint density at radius 3 is 2.72 bits per heavy atom. The number of carbonyl (C=O) groups is 1. The molecular formula is C22H32N6O. The smallest absolute Gasteiger partial charge is 0.236 e. The lowest BCUT2D eigenvalue weighted by atomic mass is 10.1. The Balaban J connectivity index is 1.32. The number of hydrogen-bond donors (Lipinski definition) is 0. The van der Waals surface area contributed by atoms with Crippen molar-refractivity contribution in [3.8, 4) is 5.69 Å². The summed E-state index contributed by atoms with van der Waals surface area (Å²) in [6.07, 6.45) is 7.29. The zero-order valence-electron chi connectivity index (χ0n) is 17.7. The topological polar surface area (TPSA) is 57.5 Å². The summed E-state index contributed by atoms with van der Waals surface area (Å²) in [6, 6.07) is 4.02. The third-order valence-corrected chi connectivity index (χ3v) is 5.99. The van der Waals surface area contributed by atoms with E-state index in [1.165, 1.54) is 18.4 Å². The van der Waals surface area contributed by atoms with Crippen LogP contribution < -0.4 is 0 Å². The molecule has 0 aliphatic carbocycles. The molecule has 0 atom stereocenters. The van der Waals surface area contributed by atoms with E-state index in [1.54, 1.807) is 0 Å². The molecule has 2 aromatic heterocycles. The Labute approximate surface area is 173 Å². The first kappa shape index (κ1) is 20.0. The van der Waals surface area contributed by atoms with Crippen molar-refractivity contribution in [1.29, 1.82) is 0 Å². The highest BCUT2D eigenvalue weighted by molar-refractivity contribution is 5.78. The summed E-state index contributed by atoms with van der Waals surface area (Å²) >= 11 is 0. The molecule has 2 aromatic rings. The Hall–Kier alpha value is -2.25. The molecule has 0 N–H and O–H groups in total. The summed E-state index contributed by atoms with van der Waals surface area (Å²) < 4.78 is 1.94. The molecule has 0 radical (unpaired) electrons. The number of piperazine rings is 1. The number of aromatic nitrogens is 3. The second-order valence-electron chi connectivity index (χ2n) is 8.24. The van der Waals surface area contributed by atoms with E-state index in [0.29, 0.717) is 6.54 Å². The van der Waals surface area contributed by atoms with Gasteiger partial charge in [-0.05, 0) is 32.0 Å². The molecule has 7 nitrogen and oxygen atoms in total. The van der Waals surface area contributed by atoms with Crippen molar-refractivity contribution in [2.45, 2.75) is 39.7 Å². The van der Waals surface area contributed by atoms with E-state index in [-0.39, 0.29) is 5.91 Å². The fourth-order valence-corrected chi connectivity index (χ4v) is 4.21. The quantitative estimate of drug-likeness (QED) is 0.746. The molecule has 1 fully saturated rings. The minimum absolute atomic E-state index is 0.265. The molecular weight excluding hydrogens is 364 g/mol. The maximum atomic E-state index is 12.8. The van der Waals surface area contributed by atoms with Gasteiger partial charge < -0.3 is 4.90 Å². The van der Waals surface area contributed by atoms with Crippen LogP contribution in [0.15, 0.2) is 24.5 Å². The van der Waals surface area contributed by atoms with Gasteiger partial charge in [-0.15, -0.1) is 0 Å². The molecule has 0 aromatic carbocycles. The lowest BCUT2D eigenvalue weighted by Gasteiger charge is -2.36. The number of unbranched alkanes of at least 4 members (excludes halogenated alkanes) is 1. The van der Waals surface area contributed by atoms with E-state index in [4.69, 9.17) is 5.10 Å². The average molecular weight is 397 g/mol. The number of aryl methyl sites for hydroxylation is 1. The normalized spacial score (nSPS) is 18.1. The van der Waals surface area contributed by atoms with Gasteiger partial charge in [0, 0.05) is 69.3 Å². The molecule has 0 unspecified atom stereocenters. The Morgan fingerprint density at radius 1 is 1.14 bits per heavy atom. The van der Waals surface area contributed by atoms with Gasteiger partial charge in [0.15, 0.2) is 0 Å². The fraction of sp³-hybridized carbons (Fsp3) is 0.591. The van der Waals surface area contributed by atoms with Gasteiger partial charge in [-0.25, -0.2) is 4.68 Å². The second-order valence-corrected chi connectivity index (χ2v) is 8.24. The minimum Gasteiger partial charge on any atom is -0.339 e. The monoisotopic (exact) mass is 396 g/mol. The number of pyridine rings is 1. The first-order chi connectivity index (χ1) is 14.1. The highest BCUT2D eigenvalue weighted by Gasteiger charge is 2.25. The van der Waals surface area contributed by atoms with Gasteiger partial charge in [0.05, 0.1) is 17.9 Å². The van der Waals surface area contributed by atoms with Crippen molar-refractivity contribution in [1.82, 2.24) is 29.5 Å². The van der Waals surface area contributed by atoms with Gasteiger partial charge >= 0.3 is 0 Å². The standard InChI is InChI=1S/C22H32N6O/c1-3-4-8-25-10-12-27(13-11-25)22(29)17-26-9-6-21-19(15-26)16-28(24-21)20-5-7-23-18(2)14-20/h5,7,14,16H,3-4,6,8-13,15,17H2,1-2H3. The van der Waals surface area contributed by atoms with Gasteiger partial charge in [0.25, 0.3) is 0 Å². The van der Waals surface area contributed by atoms with Crippen LogP contribution in [0.3, 0.4) is 0 Å². The molecule has 4 rings (SSSR count). The molecule has 156 valence electrons. The number of nitrogens with zero attached hydrogens (tertiary/aromatic N) is 6. The first-order valence-electron chi connectivity index (χ1n) is 10.9. The van der Waals surface area contributed by atoms with Crippen LogP contribution in [0.2, 0.25) is 0 Å². The van der Waals surface area contributed by atoms with Crippen LogP contribution in [0.1, 0.15) is 36.7 Å². The molecule has 1 saturated heterocycles. The Kier molecular flexibility index (Phi) is 6.25. The second kappa shape index (κ2) is 9.05. The van der Waals surface area contributed by atoms with E-state index in [2.05, 4.69) is 27.9 Å². The van der Waals surface area contributed by atoms with Crippen LogP contribution in [-0.2, 0) is 17.8 Å². The van der Waals surface area contributed by atoms with E-state index < -0.39 is 0 Å².